The number of phenolic OH excluding ortho intramolecular Hbond substituents is 1. The maximum Gasteiger partial charge on any atom is 0.208 e. The van der Waals surface area contributed by atoms with Crippen molar-refractivity contribution in [1.29, 1.82) is 0 Å². The maximum absolute atomic E-state index is 9.70. The zero-order valence-corrected chi connectivity index (χ0v) is 9.85. The van der Waals surface area contributed by atoms with E-state index < -0.39 is 0 Å². The van der Waals surface area contributed by atoms with Crippen molar-refractivity contribution in [1.82, 2.24) is 5.16 Å². The third-order valence-electron chi connectivity index (χ3n) is 3.75. The molecule has 0 saturated heterocycles. The van der Waals surface area contributed by atoms with Gasteiger partial charge < -0.3 is 9.63 Å². The molecule has 1 aliphatic rings. The van der Waals surface area contributed by atoms with Crippen molar-refractivity contribution in [2.24, 2.45) is 0 Å². The zero-order chi connectivity index (χ0) is 11.7. The van der Waals surface area contributed by atoms with E-state index in [2.05, 4.69) is 5.16 Å². The van der Waals surface area contributed by atoms with E-state index in [0.717, 1.165) is 11.1 Å². The number of phenols is 1. The Morgan fingerprint density at radius 1 is 1.12 bits per heavy atom. The van der Waals surface area contributed by atoms with Crippen LogP contribution in [-0.2, 0) is 0 Å². The van der Waals surface area contributed by atoms with Gasteiger partial charge in [-0.2, -0.15) is 0 Å². The molecule has 17 heavy (non-hydrogen) atoms. The molecule has 3 heteroatoms. The van der Waals surface area contributed by atoms with Crippen LogP contribution in [0.5, 0.6) is 5.75 Å². The van der Waals surface area contributed by atoms with Gasteiger partial charge in [-0.3, -0.25) is 0 Å². The van der Waals surface area contributed by atoms with Gasteiger partial charge in [-0.15, -0.1) is 0 Å². The number of rotatable bonds is 1. The van der Waals surface area contributed by atoms with E-state index in [1.54, 1.807) is 6.07 Å². The van der Waals surface area contributed by atoms with Crippen LogP contribution in [0.25, 0.3) is 11.0 Å². The number of fused-ring (bicyclic) bond motifs is 1. The predicted octanol–water partition coefficient (Wildman–Crippen LogP) is 3.97. The molecule has 3 rings (SSSR count). The van der Waals surface area contributed by atoms with Crippen molar-refractivity contribution in [3.63, 3.8) is 0 Å². The summed E-state index contributed by atoms with van der Waals surface area (Å²) in [6.07, 6.45) is 7.60. The first kappa shape index (κ1) is 10.6. The fraction of sp³-hybridized carbons (Fsp3) is 0.500. The number of aromatic nitrogens is 1. The highest BCUT2D eigenvalue weighted by Gasteiger charge is 2.21. The Balaban J connectivity index is 2.02. The SMILES string of the molecule is Oc1cccc2c(C3CCCCCC3)noc12. The molecule has 1 heterocycles. The molecule has 0 atom stereocenters. The van der Waals surface area contributed by atoms with Crippen LogP contribution >= 0.6 is 0 Å². The van der Waals surface area contributed by atoms with Crippen LogP contribution in [0.4, 0.5) is 0 Å². The summed E-state index contributed by atoms with van der Waals surface area (Å²) in [5.74, 6) is 0.690. The molecule has 90 valence electrons. The molecule has 0 spiro atoms. The van der Waals surface area contributed by atoms with Crippen LogP contribution in [0.3, 0.4) is 0 Å². The average Bonchev–Trinajstić information content (AvgIpc) is 2.59. The number of aromatic hydroxyl groups is 1. The fourth-order valence-corrected chi connectivity index (χ4v) is 2.81. The van der Waals surface area contributed by atoms with Gasteiger partial charge in [-0.05, 0) is 25.0 Å². The molecule has 0 bridgehead atoms. The van der Waals surface area contributed by atoms with Crippen molar-refractivity contribution >= 4 is 11.0 Å². The van der Waals surface area contributed by atoms with E-state index in [9.17, 15) is 5.11 Å². The first-order valence-corrected chi connectivity index (χ1v) is 6.43. The summed E-state index contributed by atoms with van der Waals surface area (Å²) in [7, 11) is 0. The quantitative estimate of drug-likeness (QED) is 0.755. The Bertz CT molecular complexity index is 510. The summed E-state index contributed by atoms with van der Waals surface area (Å²) < 4.78 is 5.27. The molecule has 0 aliphatic heterocycles. The summed E-state index contributed by atoms with van der Waals surface area (Å²) in [6.45, 7) is 0. The molecule has 1 aromatic heterocycles. The van der Waals surface area contributed by atoms with E-state index in [0.29, 0.717) is 11.5 Å². The van der Waals surface area contributed by atoms with Crippen LogP contribution < -0.4 is 0 Å². The van der Waals surface area contributed by atoms with Crippen LogP contribution in [0.15, 0.2) is 22.7 Å². The van der Waals surface area contributed by atoms with Gasteiger partial charge in [0.2, 0.25) is 5.58 Å². The Kier molecular flexibility index (Phi) is 2.75. The second-order valence-electron chi connectivity index (χ2n) is 4.91. The molecule has 1 saturated carbocycles. The van der Waals surface area contributed by atoms with Gasteiger partial charge in [0, 0.05) is 11.3 Å². The zero-order valence-electron chi connectivity index (χ0n) is 9.85. The minimum Gasteiger partial charge on any atom is -0.504 e. The number of hydrogen-bond acceptors (Lipinski definition) is 3. The van der Waals surface area contributed by atoms with E-state index in [-0.39, 0.29) is 5.75 Å². The Morgan fingerprint density at radius 2 is 1.88 bits per heavy atom. The minimum absolute atomic E-state index is 0.190. The van der Waals surface area contributed by atoms with Crippen molar-refractivity contribution in [2.75, 3.05) is 0 Å². The van der Waals surface area contributed by atoms with Crippen LogP contribution in [0, 0.1) is 0 Å². The lowest BCUT2D eigenvalue weighted by Gasteiger charge is -2.10. The average molecular weight is 231 g/mol. The minimum atomic E-state index is 0.190. The molecular formula is C14H17NO2. The molecule has 0 unspecified atom stereocenters. The third kappa shape index (κ3) is 1.90. The Morgan fingerprint density at radius 3 is 2.65 bits per heavy atom. The van der Waals surface area contributed by atoms with Gasteiger partial charge in [-0.25, -0.2) is 0 Å². The van der Waals surface area contributed by atoms with Crippen molar-refractivity contribution < 1.29 is 9.63 Å². The largest absolute Gasteiger partial charge is 0.504 e. The maximum atomic E-state index is 9.70. The van der Waals surface area contributed by atoms with Gasteiger partial charge in [0.25, 0.3) is 0 Å². The lowest BCUT2D eigenvalue weighted by Crippen LogP contribution is -1.97. The van der Waals surface area contributed by atoms with Crippen LogP contribution in [0.1, 0.15) is 50.1 Å². The number of hydrogen-bond donors (Lipinski definition) is 1. The van der Waals surface area contributed by atoms with Crippen molar-refractivity contribution in [3.05, 3.63) is 23.9 Å². The normalized spacial score (nSPS) is 18.4. The molecule has 0 amide bonds. The molecule has 0 radical (unpaired) electrons. The standard InChI is InChI=1S/C14H17NO2/c16-12-9-5-8-11-13(15-17-14(11)12)10-6-3-1-2-4-7-10/h5,8-10,16H,1-4,6-7H2. The van der Waals surface area contributed by atoms with Crippen LogP contribution in [-0.4, -0.2) is 10.3 Å². The summed E-state index contributed by atoms with van der Waals surface area (Å²) in [6, 6.07) is 5.49. The van der Waals surface area contributed by atoms with E-state index in [1.807, 2.05) is 12.1 Å². The lowest BCUT2D eigenvalue weighted by atomic mass is 9.94. The fourth-order valence-electron chi connectivity index (χ4n) is 2.81. The Hall–Kier alpha value is -1.51. The monoisotopic (exact) mass is 231 g/mol. The number of para-hydroxylation sites is 1. The second-order valence-corrected chi connectivity index (χ2v) is 4.91. The molecular weight excluding hydrogens is 214 g/mol. The molecule has 1 aromatic carbocycles. The van der Waals surface area contributed by atoms with Gasteiger partial charge in [0.1, 0.15) is 0 Å². The smallest absolute Gasteiger partial charge is 0.208 e. The second kappa shape index (κ2) is 4.40. The first-order chi connectivity index (χ1) is 8.36. The predicted molar refractivity (Wildman–Crippen MR) is 66.1 cm³/mol. The van der Waals surface area contributed by atoms with Gasteiger partial charge in [0.15, 0.2) is 5.75 Å². The first-order valence-electron chi connectivity index (χ1n) is 6.43. The lowest BCUT2D eigenvalue weighted by molar-refractivity contribution is 0.407. The summed E-state index contributed by atoms with van der Waals surface area (Å²) >= 11 is 0. The third-order valence-corrected chi connectivity index (χ3v) is 3.75. The number of benzene rings is 1. The van der Waals surface area contributed by atoms with E-state index in [4.69, 9.17) is 4.52 Å². The topological polar surface area (TPSA) is 46.3 Å². The number of nitrogens with zero attached hydrogens (tertiary/aromatic N) is 1. The van der Waals surface area contributed by atoms with Crippen molar-refractivity contribution in [2.45, 2.75) is 44.4 Å². The van der Waals surface area contributed by atoms with Gasteiger partial charge in [0.05, 0.1) is 5.69 Å². The summed E-state index contributed by atoms with van der Waals surface area (Å²) in [5, 5.41) is 14.9. The molecule has 1 fully saturated rings. The van der Waals surface area contributed by atoms with Gasteiger partial charge in [-0.1, -0.05) is 36.9 Å². The van der Waals surface area contributed by atoms with E-state index in [1.165, 1.54) is 38.5 Å². The molecule has 3 nitrogen and oxygen atoms in total. The molecule has 2 aromatic rings. The molecule has 1 aliphatic carbocycles. The van der Waals surface area contributed by atoms with E-state index >= 15 is 0 Å². The highest BCUT2D eigenvalue weighted by molar-refractivity contribution is 5.84. The highest BCUT2D eigenvalue weighted by Crippen LogP contribution is 2.36. The summed E-state index contributed by atoms with van der Waals surface area (Å²) in [4.78, 5) is 0. The van der Waals surface area contributed by atoms with Gasteiger partial charge >= 0.3 is 0 Å². The van der Waals surface area contributed by atoms with Crippen LogP contribution in [0.2, 0.25) is 0 Å². The molecule has 1 N–H and O–H groups in total. The highest BCUT2D eigenvalue weighted by atomic mass is 16.5. The van der Waals surface area contributed by atoms with Crippen molar-refractivity contribution in [3.8, 4) is 5.75 Å². The Labute approximate surface area is 100 Å². The summed E-state index contributed by atoms with van der Waals surface area (Å²) in [5.41, 5.74) is 1.57.